The predicted octanol–water partition coefficient (Wildman–Crippen LogP) is 2.60. The molecular weight excluding hydrogens is 241 g/mol. The van der Waals surface area contributed by atoms with E-state index in [1.807, 2.05) is 6.07 Å². The summed E-state index contributed by atoms with van der Waals surface area (Å²) in [6, 6.07) is 3.63. The van der Waals surface area contributed by atoms with Crippen molar-refractivity contribution in [3.63, 3.8) is 0 Å². The number of fused-ring (bicyclic) bond motifs is 1. The molecule has 1 aliphatic rings. The van der Waals surface area contributed by atoms with Gasteiger partial charge in [-0.25, -0.2) is 0 Å². The molecule has 62 valence electrons. The highest BCUT2D eigenvalue weighted by Gasteiger charge is 2.18. The third-order valence-electron chi connectivity index (χ3n) is 1.77. The number of nitrogens with one attached hydrogen (secondary N) is 1. The molecule has 0 atom stereocenters. The molecule has 1 aromatic carbocycles. The van der Waals surface area contributed by atoms with Crippen LogP contribution in [0.1, 0.15) is 5.56 Å². The molecule has 12 heavy (non-hydrogen) atoms. The molecule has 1 N–H and O–H groups in total. The number of benzene rings is 1. The number of carbonyl (C=O) groups is 1. The molecule has 2 nitrogen and oxygen atoms in total. The van der Waals surface area contributed by atoms with Gasteiger partial charge in [0.05, 0.1) is 11.4 Å². The number of anilines is 1. The SMILES string of the molecule is O=C1Cc2cc(Br)c(Cl)cc2N1. The quantitative estimate of drug-likeness (QED) is 0.749. The van der Waals surface area contributed by atoms with Gasteiger partial charge in [-0.05, 0) is 33.6 Å². The van der Waals surface area contributed by atoms with Crippen LogP contribution in [0, 0.1) is 0 Å². The molecule has 0 aliphatic carbocycles. The number of amides is 1. The monoisotopic (exact) mass is 245 g/mol. The Kier molecular flexibility index (Phi) is 1.85. The van der Waals surface area contributed by atoms with E-state index < -0.39 is 0 Å². The fourth-order valence-electron chi connectivity index (χ4n) is 1.22. The van der Waals surface area contributed by atoms with E-state index in [2.05, 4.69) is 21.2 Å². The lowest BCUT2D eigenvalue weighted by Gasteiger charge is -2.00. The van der Waals surface area contributed by atoms with E-state index in [1.54, 1.807) is 6.07 Å². The molecule has 0 saturated carbocycles. The molecule has 0 spiro atoms. The molecule has 0 radical (unpaired) electrons. The summed E-state index contributed by atoms with van der Waals surface area (Å²) in [5.74, 6) is 0.0270. The molecule has 0 unspecified atom stereocenters. The van der Waals surface area contributed by atoms with Crippen LogP contribution in [0.5, 0.6) is 0 Å². The fraction of sp³-hybridized carbons (Fsp3) is 0.125. The van der Waals surface area contributed by atoms with Gasteiger partial charge in [0.25, 0.3) is 0 Å². The average molecular weight is 246 g/mol. The van der Waals surface area contributed by atoms with Gasteiger partial charge in [0.2, 0.25) is 5.91 Å². The van der Waals surface area contributed by atoms with Gasteiger partial charge in [0.1, 0.15) is 0 Å². The maximum atomic E-state index is 11.0. The minimum Gasteiger partial charge on any atom is -0.325 e. The van der Waals surface area contributed by atoms with Gasteiger partial charge >= 0.3 is 0 Å². The summed E-state index contributed by atoms with van der Waals surface area (Å²) in [7, 11) is 0. The molecule has 1 heterocycles. The summed E-state index contributed by atoms with van der Waals surface area (Å²) >= 11 is 9.14. The van der Waals surface area contributed by atoms with E-state index in [0.29, 0.717) is 11.4 Å². The maximum absolute atomic E-state index is 11.0. The summed E-state index contributed by atoms with van der Waals surface area (Å²) in [5.41, 5.74) is 1.82. The Hall–Kier alpha value is -0.540. The summed E-state index contributed by atoms with van der Waals surface area (Å²) in [5, 5.41) is 3.34. The second-order valence-corrected chi connectivity index (χ2v) is 3.91. The summed E-state index contributed by atoms with van der Waals surface area (Å²) in [6.45, 7) is 0. The van der Waals surface area contributed by atoms with Gasteiger partial charge in [-0.2, -0.15) is 0 Å². The third kappa shape index (κ3) is 1.23. The Morgan fingerprint density at radius 3 is 3.00 bits per heavy atom. The van der Waals surface area contributed by atoms with Gasteiger partial charge in [-0.1, -0.05) is 11.6 Å². The molecule has 1 amide bonds. The average Bonchev–Trinajstić information content (AvgIpc) is 2.30. The van der Waals surface area contributed by atoms with Crippen molar-refractivity contribution in [2.45, 2.75) is 6.42 Å². The van der Waals surface area contributed by atoms with Crippen LogP contribution >= 0.6 is 27.5 Å². The Bertz CT molecular complexity index is 331. The molecule has 2 rings (SSSR count). The van der Waals surface area contributed by atoms with E-state index in [1.165, 1.54) is 0 Å². The summed E-state index contributed by atoms with van der Waals surface area (Å²) in [4.78, 5) is 11.0. The highest BCUT2D eigenvalue weighted by molar-refractivity contribution is 9.10. The van der Waals surface area contributed by atoms with Gasteiger partial charge in [-0.3, -0.25) is 4.79 Å². The second kappa shape index (κ2) is 2.75. The van der Waals surface area contributed by atoms with Gasteiger partial charge < -0.3 is 5.32 Å². The van der Waals surface area contributed by atoms with Gasteiger partial charge in [0.15, 0.2) is 0 Å². The zero-order valence-electron chi connectivity index (χ0n) is 6.03. The first-order valence-corrected chi connectivity index (χ1v) is 4.61. The molecule has 1 aliphatic heterocycles. The van der Waals surface area contributed by atoms with E-state index in [9.17, 15) is 4.79 Å². The fourth-order valence-corrected chi connectivity index (χ4v) is 1.77. The van der Waals surface area contributed by atoms with Crippen molar-refractivity contribution in [1.29, 1.82) is 0 Å². The van der Waals surface area contributed by atoms with Crippen LogP contribution in [0.4, 0.5) is 5.69 Å². The van der Waals surface area contributed by atoms with Crippen molar-refractivity contribution in [1.82, 2.24) is 0 Å². The largest absolute Gasteiger partial charge is 0.325 e. The molecule has 4 heteroatoms. The maximum Gasteiger partial charge on any atom is 0.228 e. The number of hydrogen-bond donors (Lipinski definition) is 1. The van der Waals surface area contributed by atoms with Gasteiger partial charge in [-0.15, -0.1) is 0 Å². The zero-order chi connectivity index (χ0) is 8.72. The molecular formula is C8H5BrClNO. The second-order valence-electron chi connectivity index (χ2n) is 2.65. The van der Waals surface area contributed by atoms with Crippen LogP contribution in [-0.2, 0) is 11.2 Å². The Balaban J connectivity index is 2.55. The minimum absolute atomic E-state index is 0.0270. The lowest BCUT2D eigenvalue weighted by atomic mass is 10.2. The van der Waals surface area contributed by atoms with E-state index in [4.69, 9.17) is 11.6 Å². The van der Waals surface area contributed by atoms with Crippen LogP contribution < -0.4 is 5.32 Å². The number of carbonyl (C=O) groups excluding carboxylic acids is 1. The highest BCUT2D eigenvalue weighted by atomic mass is 79.9. The van der Waals surface area contributed by atoms with Gasteiger partial charge in [0, 0.05) is 10.2 Å². The van der Waals surface area contributed by atoms with Crippen molar-refractivity contribution in [2.24, 2.45) is 0 Å². The normalized spacial score (nSPS) is 14.3. The first-order chi connectivity index (χ1) is 5.66. The number of rotatable bonds is 0. The molecule has 0 aromatic heterocycles. The first kappa shape index (κ1) is 8.08. The van der Waals surface area contributed by atoms with Crippen molar-refractivity contribution in [2.75, 3.05) is 5.32 Å². The highest BCUT2D eigenvalue weighted by Crippen LogP contribution is 2.32. The molecule has 0 bridgehead atoms. The van der Waals surface area contributed by atoms with Crippen molar-refractivity contribution >= 4 is 39.1 Å². The lowest BCUT2D eigenvalue weighted by Crippen LogP contribution is -2.03. The molecule has 1 aromatic rings. The number of halogens is 2. The zero-order valence-corrected chi connectivity index (χ0v) is 8.37. The summed E-state index contributed by atoms with van der Waals surface area (Å²) < 4.78 is 0.833. The van der Waals surface area contributed by atoms with E-state index >= 15 is 0 Å². The topological polar surface area (TPSA) is 29.1 Å². The minimum atomic E-state index is 0.0270. The smallest absolute Gasteiger partial charge is 0.228 e. The van der Waals surface area contributed by atoms with Crippen molar-refractivity contribution < 1.29 is 4.79 Å². The Morgan fingerprint density at radius 1 is 1.50 bits per heavy atom. The van der Waals surface area contributed by atoms with Crippen LogP contribution in [0.15, 0.2) is 16.6 Å². The van der Waals surface area contributed by atoms with Crippen LogP contribution in [0.2, 0.25) is 5.02 Å². The Labute approximate surface area is 83.0 Å². The predicted molar refractivity (Wildman–Crippen MR) is 51.5 cm³/mol. The first-order valence-electron chi connectivity index (χ1n) is 3.44. The van der Waals surface area contributed by atoms with E-state index in [-0.39, 0.29) is 5.91 Å². The Morgan fingerprint density at radius 2 is 2.25 bits per heavy atom. The van der Waals surface area contributed by atoms with Crippen molar-refractivity contribution in [3.8, 4) is 0 Å². The molecule has 0 fully saturated rings. The lowest BCUT2D eigenvalue weighted by molar-refractivity contribution is -0.115. The van der Waals surface area contributed by atoms with Crippen LogP contribution in [0.3, 0.4) is 0 Å². The summed E-state index contributed by atoms with van der Waals surface area (Å²) in [6.07, 6.45) is 0.450. The van der Waals surface area contributed by atoms with Crippen LogP contribution in [-0.4, -0.2) is 5.91 Å². The van der Waals surface area contributed by atoms with Crippen LogP contribution in [0.25, 0.3) is 0 Å². The third-order valence-corrected chi connectivity index (χ3v) is 2.97. The van der Waals surface area contributed by atoms with E-state index in [0.717, 1.165) is 15.7 Å². The molecule has 0 saturated heterocycles. The standard InChI is InChI=1S/C8H5BrClNO/c9-5-1-4-2-8(12)11-7(4)3-6(5)10/h1,3H,2H2,(H,11,12). The number of hydrogen-bond acceptors (Lipinski definition) is 1. The van der Waals surface area contributed by atoms with Crippen molar-refractivity contribution in [3.05, 3.63) is 27.2 Å².